The van der Waals surface area contributed by atoms with E-state index in [0.29, 0.717) is 0 Å². The van der Waals surface area contributed by atoms with Crippen molar-refractivity contribution in [2.45, 2.75) is 83.7 Å². The Bertz CT molecular complexity index is 436. The van der Waals surface area contributed by atoms with Crippen LogP contribution < -0.4 is 0 Å². The summed E-state index contributed by atoms with van der Waals surface area (Å²) >= 11 is 0. The first-order valence-corrected chi connectivity index (χ1v) is 11.1. The molecule has 0 amide bonds. The number of hydrogen-bond donors (Lipinski definition) is 2. The van der Waals surface area contributed by atoms with Crippen molar-refractivity contribution in [1.82, 2.24) is 0 Å². The van der Waals surface area contributed by atoms with Crippen molar-refractivity contribution in [3.8, 4) is 0 Å². The van der Waals surface area contributed by atoms with Crippen LogP contribution in [-0.4, -0.2) is 37.3 Å². The normalized spacial score (nSPS) is 34.3. The second kappa shape index (κ2) is 5.48. The molecule has 0 unspecified atom stereocenters. The molecule has 0 aromatic heterocycles. The fourth-order valence-corrected chi connectivity index (χ4v) is 5.09. The molecule has 0 radical (unpaired) electrons. The van der Waals surface area contributed by atoms with Crippen LogP contribution in [0, 0.1) is 5.41 Å². The minimum absolute atomic E-state index is 0.00676. The molecule has 0 spiro atoms. The van der Waals surface area contributed by atoms with Gasteiger partial charge in [-0.2, -0.15) is 0 Å². The molecule has 3 atom stereocenters. The van der Waals surface area contributed by atoms with Gasteiger partial charge in [-0.15, -0.1) is 0 Å². The molecule has 3 nitrogen and oxygen atoms in total. The average molecular weight is 313 g/mol. The molecule has 1 saturated carbocycles. The molecule has 0 saturated heterocycles. The van der Waals surface area contributed by atoms with E-state index in [-0.39, 0.29) is 23.2 Å². The third-order valence-corrected chi connectivity index (χ3v) is 10.7. The highest BCUT2D eigenvalue weighted by atomic mass is 28.4. The maximum Gasteiger partial charge on any atom is 0.192 e. The number of aliphatic hydroxyl groups is 2. The zero-order chi connectivity index (χ0) is 16.1. The lowest BCUT2D eigenvalue weighted by atomic mass is 9.71. The van der Waals surface area contributed by atoms with Gasteiger partial charge in [-0.3, -0.25) is 0 Å². The van der Waals surface area contributed by atoms with E-state index in [1.807, 2.05) is 0 Å². The fourth-order valence-electron chi connectivity index (χ4n) is 3.65. The van der Waals surface area contributed by atoms with Crippen molar-refractivity contribution in [1.29, 1.82) is 0 Å². The van der Waals surface area contributed by atoms with Gasteiger partial charge in [0.2, 0.25) is 0 Å². The molecule has 2 N–H and O–H groups in total. The summed E-state index contributed by atoms with van der Waals surface area (Å²) in [5.41, 5.74) is 2.14. The molecule has 0 aromatic rings. The lowest BCUT2D eigenvalue weighted by molar-refractivity contribution is 0.0602. The number of rotatable bonds is 3. The van der Waals surface area contributed by atoms with Crippen LogP contribution in [0.15, 0.2) is 11.1 Å². The Hall–Kier alpha value is -0.163. The number of aliphatic hydroxyl groups excluding tert-OH is 2. The Kier molecular flexibility index (Phi) is 4.49. The van der Waals surface area contributed by atoms with Crippen LogP contribution in [0.1, 0.15) is 53.4 Å². The highest BCUT2D eigenvalue weighted by Gasteiger charge is 2.51. The fraction of sp³-hybridized carbons (Fsp3) is 0.882. The minimum Gasteiger partial charge on any atom is -0.413 e. The first-order valence-electron chi connectivity index (χ1n) is 8.22. The van der Waals surface area contributed by atoms with Crippen LogP contribution in [0.25, 0.3) is 0 Å². The van der Waals surface area contributed by atoms with Crippen molar-refractivity contribution >= 4 is 8.32 Å². The molecule has 0 bridgehead atoms. The van der Waals surface area contributed by atoms with Crippen molar-refractivity contribution in [3.05, 3.63) is 11.1 Å². The van der Waals surface area contributed by atoms with Crippen molar-refractivity contribution in [3.63, 3.8) is 0 Å². The van der Waals surface area contributed by atoms with Crippen LogP contribution in [0.5, 0.6) is 0 Å². The second-order valence-corrected chi connectivity index (χ2v) is 13.3. The van der Waals surface area contributed by atoms with E-state index in [2.05, 4.69) is 40.8 Å². The SMILES string of the molecule is CC(C)(C)[Si](C)(C)O[C@H]1CCC2=C(CO)[C@@H](O)CC[C@@]21C. The molecular weight excluding hydrogens is 280 g/mol. The van der Waals surface area contributed by atoms with Crippen molar-refractivity contribution in [2.24, 2.45) is 5.41 Å². The van der Waals surface area contributed by atoms with E-state index < -0.39 is 14.4 Å². The Morgan fingerprint density at radius 1 is 1.29 bits per heavy atom. The van der Waals surface area contributed by atoms with E-state index in [4.69, 9.17) is 4.43 Å². The first-order chi connectivity index (χ1) is 9.53. The van der Waals surface area contributed by atoms with Crippen LogP contribution in [0.2, 0.25) is 18.1 Å². The summed E-state index contributed by atoms with van der Waals surface area (Å²) in [6.45, 7) is 13.7. The van der Waals surface area contributed by atoms with E-state index in [1.54, 1.807) is 0 Å². The second-order valence-electron chi connectivity index (χ2n) is 8.54. The lowest BCUT2D eigenvalue weighted by Crippen LogP contribution is -2.48. The maximum absolute atomic E-state index is 10.1. The Balaban J connectivity index is 2.28. The predicted octanol–water partition coefficient (Wildman–Crippen LogP) is 3.62. The van der Waals surface area contributed by atoms with Gasteiger partial charge in [0.1, 0.15) is 0 Å². The zero-order valence-corrected chi connectivity index (χ0v) is 15.5. The molecular formula is C17H32O3Si. The molecule has 122 valence electrons. The van der Waals surface area contributed by atoms with E-state index in [1.165, 1.54) is 5.57 Å². The smallest absolute Gasteiger partial charge is 0.192 e. The molecule has 2 aliphatic rings. The molecule has 4 heteroatoms. The standard InChI is InChI=1S/C17H32O3Si/c1-16(2,3)21(5,6)20-15-8-7-13-12(11-18)14(19)9-10-17(13,15)4/h14-15,18-19H,7-11H2,1-6H3/t14-,15-,17-/m0/s1. The predicted molar refractivity (Wildman–Crippen MR) is 88.8 cm³/mol. The lowest BCUT2D eigenvalue weighted by Gasteiger charge is -2.45. The third kappa shape index (κ3) is 2.88. The number of hydrogen-bond acceptors (Lipinski definition) is 3. The van der Waals surface area contributed by atoms with Crippen LogP contribution >= 0.6 is 0 Å². The van der Waals surface area contributed by atoms with Crippen molar-refractivity contribution < 1.29 is 14.6 Å². The van der Waals surface area contributed by atoms with Gasteiger partial charge in [-0.1, -0.05) is 33.3 Å². The van der Waals surface area contributed by atoms with Crippen LogP contribution in [0.4, 0.5) is 0 Å². The topological polar surface area (TPSA) is 49.7 Å². The summed E-state index contributed by atoms with van der Waals surface area (Å²) in [5.74, 6) is 0. The van der Waals surface area contributed by atoms with E-state index in [9.17, 15) is 10.2 Å². The van der Waals surface area contributed by atoms with E-state index in [0.717, 1.165) is 31.3 Å². The van der Waals surface area contributed by atoms with Gasteiger partial charge in [0.25, 0.3) is 0 Å². The van der Waals surface area contributed by atoms with Gasteiger partial charge in [0.15, 0.2) is 8.32 Å². The van der Waals surface area contributed by atoms with Gasteiger partial charge >= 0.3 is 0 Å². The van der Waals surface area contributed by atoms with Crippen LogP contribution in [-0.2, 0) is 4.43 Å². The zero-order valence-electron chi connectivity index (χ0n) is 14.5. The van der Waals surface area contributed by atoms with E-state index >= 15 is 0 Å². The molecule has 0 aromatic carbocycles. The third-order valence-electron chi connectivity index (χ3n) is 6.20. The number of fused-ring (bicyclic) bond motifs is 1. The summed E-state index contributed by atoms with van der Waals surface area (Å²) in [7, 11) is -1.79. The molecule has 21 heavy (non-hydrogen) atoms. The quantitative estimate of drug-likeness (QED) is 0.618. The van der Waals surface area contributed by atoms with Crippen molar-refractivity contribution in [2.75, 3.05) is 6.61 Å². The van der Waals surface area contributed by atoms with Gasteiger partial charge in [-0.05, 0) is 49.4 Å². The van der Waals surface area contributed by atoms with Gasteiger partial charge < -0.3 is 14.6 Å². The van der Waals surface area contributed by atoms with Crippen LogP contribution in [0.3, 0.4) is 0 Å². The Labute approximate surface area is 130 Å². The highest BCUT2D eigenvalue weighted by molar-refractivity contribution is 6.74. The summed E-state index contributed by atoms with van der Waals surface area (Å²) in [5, 5.41) is 20.0. The minimum atomic E-state index is -1.79. The monoisotopic (exact) mass is 312 g/mol. The summed E-state index contributed by atoms with van der Waals surface area (Å²) in [6.07, 6.45) is 3.48. The Morgan fingerprint density at radius 2 is 1.90 bits per heavy atom. The summed E-state index contributed by atoms with van der Waals surface area (Å²) < 4.78 is 6.71. The summed E-state index contributed by atoms with van der Waals surface area (Å²) in [6, 6.07) is 0. The molecule has 1 fully saturated rings. The molecule has 2 aliphatic carbocycles. The molecule has 2 rings (SSSR count). The van der Waals surface area contributed by atoms with Gasteiger partial charge in [0.05, 0.1) is 18.8 Å². The van der Waals surface area contributed by atoms with Gasteiger partial charge in [0, 0.05) is 5.41 Å². The Morgan fingerprint density at radius 3 is 2.43 bits per heavy atom. The van der Waals surface area contributed by atoms with Gasteiger partial charge in [-0.25, -0.2) is 0 Å². The molecule has 0 heterocycles. The molecule has 0 aliphatic heterocycles. The average Bonchev–Trinajstić information content (AvgIpc) is 2.66. The first kappa shape index (κ1) is 17.2. The largest absolute Gasteiger partial charge is 0.413 e. The summed E-state index contributed by atoms with van der Waals surface area (Å²) in [4.78, 5) is 0. The highest BCUT2D eigenvalue weighted by Crippen LogP contribution is 2.54. The maximum atomic E-state index is 10.1.